The van der Waals surface area contributed by atoms with Crippen molar-refractivity contribution < 1.29 is 43.0 Å². The Hall–Kier alpha value is -6.36. The second-order valence-corrected chi connectivity index (χ2v) is 20.3. The number of ether oxygens (including phenoxy) is 2. The number of carbonyl (C=O) groups excluding carboxylic acids is 7. The maximum atomic E-state index is 13.4. The number of benzene rings is 4. The van der Waals surface area contributed by atoms with Crippen LogP contribution in [0, 0.1) is 10.8 Å². The number of methoxy groups -OCH3 is 2. The van der Waals surface area contributed by atoms with E-state index in [9.17, 15) is 33.6 Å². The SMILES string of the molecule is COC(=O)C(Cc1ccc(NC(=O)c2c(Cl)cccc2Cl)cc1)NC(=O)C1(CCCN=[N+]=[N-])CCCC1.COC(=O)C(Cc1ccc(NC(=O)c2c(Cl)cccc2Cl)cc1)NC(=O)C1(CCCNC(C)=O)CCCC1. The molecule has 17 nitrogen and oxygen atoms in total. The molecule has 0 spiro atoms. The van der Waals surface area contributed by atoms with Gasteiger partial charge >= 0.3 is 11.9 Å². The quantitative estimate of drug-likeness (QED) is 0.0165. The van der Waals surface area contributed by atoms with Gasteiger partial charge in [-0.2, -0.15) is 0 Å². The van der Waals surface area contributed by atoms with Crippen molar-refractivity contribution in [3.05, 3.63) is 138 Å². The van der Waals surface area contributed by atoms with Crippen molar-refractivity contribution in [3.63, 3.8) is 0 Å². The predicted octanol–water partition coefficient (Wildman–Crippen LogP) is 11.0. The first-order chi connectivity index (χ1) is 35.9. The van der Waals surface area contributed by atoms with Crippen molar-refractivity contribution in [3.8, 4) is 0 Å². The van der Waals surface area contributed by atoms with E-state index in [-0.39, 0.29) is 61.8 Å². The minimum Gasteiger partial charge on any atom is -0.467 e. The van der Waals surface area contributed by atoms with Gasteiger partial charge in [-0.25, -0.2) is 9.59 Å². The van der Waals surface area contributed by atoms with E-state index in [4.69, 9.17) is 61.4 Å². The van der Waals surface area contributed by atoms with Crippen LogP contribution in [0.1, 0.15) is 116 Å². The number of hydrogen-bond donors (Lipinski definition) is 5. The van der Waals surface area contributed by atoms with E-state index >= 15 is 0 Å². The molecule has 4 aromatic carbocycles. The fourth-order valence-electron chi connectivity index (χ4n) is 9.54. The molecule has 2 aliphatic rings. The number of halogens is 4. The zero-order chi connectivity index (χ0) is 54.5. The van der Waals surface area contributed by atoms with E-state index in [2.05, 4.69) is 36.6 Å². The Morgan fingerprint density at radius 3 is 1.32 bits per heavy atom. The summed E-state index contributed by atoms with van der Waals surface area (Å²) >= 11 is 24.5. The molecule has 0 aliphatic heterocycles. The molecular weight excluding hydrogens is 1050 g/mol. The van der Waals surface area contributed by atoms with E-state index in [1.165, 1.54) is 21.1 Å². The summed E-state index contributed by atoms with van der Waals surface area (Å²) in [5, 5.41) is 18.7. The van der Waals surface area contributed by atoms with Crippen LogP contribution >= 0.6 is 46.4 Å². The van der Waals surface area contributed by atoms with Crippen molar-refractivity contribution >= 4 is 99.3 Å². The van der Waals surface area contributed by atoms with Crippen molar-refractivity contribution in [2.75, 3.05) is 37.9 Å². The van der Waals surface area contributed by atoms with Gasteiger partial charge in [-0.3, -0.25) is 24.0 Å². The largest absolute Gasteiger partial charge is 0.467 e. The monoisotopic (exact) mass is 1110 g/mol. The highest BCUT2D eigenvalue weighted by Gasteiger charge is 2.43. The molecule has 0 aromatic heterocycles. The van der Waals surface area contributed by atoms with Gasteiger partial charge in [0.05, 0.1) is 45.4 Å². The highest BCUT2D eigenvalue weighted by atomic mass is 35.5. The van der Waals surface area contributed by atoms with Crippen LogP contribution in [0.25, 0.3) is 10.4 Å². The molecule has 5 amide bonds. The summed E-state index contributed by atoms with van der Waals surface area (Å²) in [5.74, 6) is -2.38. The lowest BCUT2D eigenvalue weighted by Gasteiger charge is -2.30. The topological polar surface area (TPSA) is 247 Å². The molecule has 0 heterocycles. The van der Waals surface area contributed by atoms with Crippen LogP contribution in [0.5, 0.6) is 0 Å². The van der Waals surface area contributed by atoms with Crippen molar-refractivity contribution in [2.45, 2.75) is 109 Å². The van der Waals surface area contributed by atoms with E-state index in [0.29, 0.717) is 50.1 Å². The van der Waals surface area contributed by atoms with Crippen LogP contribution in [-0.4, -0.2) is 80.9 Å². The van der Waals surface area contributed by atoms with Crippen LogP contribution in [0.15, 0.2) is 90.0 Å². The van der Waals surface area contributed by atoms with Gasteiger partial charge in [0, 0.05) is 60.0 Å². The Morgan fingerprint density at radius 2 is 0.973 bits per heavy atom. The molecule has 2 fully saturated rings. The first-order valence-electron chi connectivity index (χ1n) is 24.7. The zero-order valence-corrected chi connectivity index (χ0v) is 45.1. The van der Waals surface area contributed by atoms with Gasteiger partial charge in [0.15, 0.2) is 0 Å². The molecule has 0 saturated heterocycles. The Bertz CT molecular complexity index is 2670. The second kappa shape index (κ2) is 29.1. The Balaban J connectivity index is 0.000000277. The second-order valence-electron chi connectivity index (χ2n) is 18.6. The fraction of sp³-hybridized carbons (Fsp3) is 0.426. The number of anilines is 2. The van der Waals surface area contributed by atoms with Crippen LogP contribution in [0.2, 0.25) is 20.1 Å². The molecule has 400 valence electrons. The van der Waals surface area contributed by atoms with Gasteiger partial charge in [-0.05, 0) is 117 Å². The van der Waals surface area contributed by atoms with Gasteiger partial charge in [-0.15, -0.1) is 0 Å². The minimum atomic E-state index is -0.866. The average molecular weight is 1110 g/mol. The summed E-state index contributed by atoms with van der Waals surface area (Å²) in [4.78, 5) is 91.0. The third-order valence-electron chi connectivity index (χ3n) is 13.5. The van der Waals surface area contributed by atoms with Crippen LogP contribution < -0.4 is 26.6 Å². The summed E-state index contributed by atoms with van der Waals surface area (Å²) in [6.07, 6.45) is 9.68. The number of amides is 5. The van der Waals surface area contributed by atoms with Crippen LogP contribution in [-0.2, 0) is 46.3 Å². The van der Waals surface area contributed by atoms with Gasteiger partial charge in [0.1, 0.15) is 12.1 Å². The first kappa shape index (κ1) is 59.5. The molecule has 0 bridgehead atoms. The number of carbonyl (C=O) groups is 7. The minimum absolute atomic E-state index is 0.0982. The van der Waals surface area contributed by atoms with Crippen LogP contribution in [0.4, 0.5) is 11.4 Å². The lowest BCUT2D eigenvalue weighted by atomic mass is 9.80. The molecule has 75 heavy (non-hydrogen) atoms. The molecule has 2 saturated carbocycles. The van der Waals surface area contributed by atoms with E-state index in [0.717, 1.165) is 62.5 Å². The van der Waals surface area contributed by atoms with Crippen LogP contribution in [0.3, 0.4) is 0 Å². The molecule has 2 atom stereocenters. The summed E-state index contributed by atoms with van der Waals surface area (Å²) in [6.45, 7) is 2.31. The number of nitrogens with one attached hydrogen (secondary N) is 5. The number of esters is 2. The number of azide groups is 1. The molecule has 2 aliphatic carbocycles. The standard InChI is InChI=1S/C28H33Cl2N3O5.C26H29Cl2N5O4/c1-18(34)31-16-6-15-28(13-3-4-14-28)27(37)33-23(26(36)38-2)17-19-9-11-20(12-10-19)32-25(35)24-21(29)7-5-8-22(24)30;1-37-24(35)21(32-25(36)26(12-2-3-13-26)14-5-15-30-33-29)16-17-8-10-18(11-9-17)31-23(34)22-19(27)6-4-7-20(22)28/h5,7-12,23H,3-4,6,13-17H2,1-2H3,(H,31,34)(H,32,35)(H,33,37);4,6-11,21H,2-3,5,12-16H2,1H3,(H,31,34)(H,32,36). The van der Waals surface area contributed by atoms with Gasteiger partial charge in [-0.1, -0.05) is 114 Å². The van der Waals surface area contributed by atoms with Crippen molar-refractivity contribution in [1.82, 2.24) is 16.0 Å². The van der Waals surface area contributed by atoms with E-state index in [1.54, 1.807) is 84.9 Å². The Kier molecular flexibility index (Phi) is 23.1. The van der Waals surface area contributed by atoms with E-state index < -0.39 is 46.7 Å². The molecule has 4 aromatic rings. The molecule has 0 radical (unpaired) electrons. The van der Waals surface area contributed by atoms with Gasteiger partial charge in [0.25, 0.3) is 11.8 Å². The molecule has 5 N–H and O–H groups in total. The fourth-order valence-corrected chi connectivity index (χ4v) is 10.7. The Labute approximate surface area is 456 Å². The molecule has 2 unspecified atom stereocenters. The normalized spacial score (nSPS) is 14.8. The highest BCUT2D eigenvalue weighted by Crippen LogP contribution is 2.43. The van der Waals surface area contributed by atoms with Gasteiger partial charge < -0.3 is 36.1 Å². The number of hydrogen-bond acceptors (Lipinski definition) is 10. The summed E-state index contributed by atoms with van der Waals surface area (Å²) in [5.41, 5.74) is 10.3. The molecular formula is C54H62Cl4N8O9. The lowest BCUT2D eigenvalue weighted by Crippen LogP contribution is -2.49. The average Bonchev–Trinajstić information content (AvgIpc) is 4.09. The number of nitrogens with zero attached hydrogens (tertiary/aromatic N) is 3. The zero-order valence-electron chi connectivity index (χ0n) is 42.1. The molecule has 6 rings (SSSR count). The maximum Gasteiger partial charge on any atom is 0.328 e. The lowest BCUT2D eigenvalue weighted by molar-refractivity contribution is -0.147. The predicted molar refractivity (Wildman–Crippen MR) is 290 cm³/mol. The van der Waals surface area contributed by atoms with E-state index in [1.807, 2.05) is 0 Å². The summed E-state index contributed by atoms with van der Waals surface area (Å²) < 4.78 is 9.92. The van der Waals surface area contributed by atoms with Gasteiger partial charge in [0.2, 0.25) is 17.7 Å². The smallest absolute Gasteiger partial charge is 0.328 e. The maximum absolute atomic E-state index is 13.4. The third-order valence-corrected chi connectivity index (χ3v) is 14.8. The van der Waals surface area contributed by atoms with Crippen molar-refractivity contribution in [1.29, 1.82) is 0 Å². The van der Waals surface area contributed by atoms with Crippen molar-refractivity contribution in [2.24, 2.45) is 15.9 Å². The number of rotatable bonds is 22. The summed E-state index contributed by atoms with van der Waals surface area (Å²) in [7, 11) is 2.57. The first-order valence-corrected chi connectivity index (χ1v) is 26.2. The molecule has 21 heteroatoms. The highest BCUT2D eigenvalue weighted by molar-refractivity contribution is 6.41. The third kappa shape index (κ3) is 17.1. The Morgan fingerprint density at radius 1 is 0.600 bits per heavy atom. The summed E-state index contributed by atoms with van der Waals surface area (Å²) in [6, 6.07) is 21.8.